The summed E-state index contributed by atoms with van der Waals surface area (Å²) in [4.78, 5) is 27.4. The molecule has 1 aromatic rings. The van der Waals surface area contributed by atoms with Crippen molar-refractivity contribution in [1.82, 2.24) is 15.6 Å². The van der Waals surface area contributed by atoms with Crippen molar-refractivity contribution >= 4 is 23.2 Å². The molecule has 1 fully saturated rings. The van der Waals surface area contributed by atoms with Crippen LogP contribution < -0.4 is 10.6 Å². The molecule has 1 amide bonds. The monoisotopic (exact) mass is 297 g/mol. The number of piperidine rings is 1. The van der Waals surface area contributed by atoms with Crippen LogP contribution in [-0.4, -0.2) is 34.6 Å². The highest BCUT2D eigenvalue weighted by molar-refractivity contribution is 7.13. The smallest absolute Gasteiger partial charge is 0.347 e. The summed E-state index contributed by atoms with van der Waals surface area (Å²) in [5.41, 5.74) is 0.496. The number of carboxylic acid groups (broad SMARTS) is 1. The van der Waals surface area contributed by atoms with Gasteiger partial charge in [-0.05, 0) is 32.2 Å². The zero-order valence-electron chi connectivity index (χ0n) is 11.6. The molecule has 0 saturated carbocycles. The highest BCUT2D eigenvalue weighted by atomic mass is 32.1. The van der Waals surface area contributed by atoms with Gasteiger partial charge in [-0.2, -0.15) is 0 Å². The van der Waals surface area contributed by atoms with E-state index in [0.29, 0.717) is 16.6 Å². The average Bonchev–Trinajstić information content (AvgIpc) is 2.77. The minimum absolute atomic E-state index is 0.0405. The lowest BCUT2D eigenvalue weighted by Gasteiger charge is -2.27. The Labute approximate surface area is 121 Å². The fraction of sp³-hybridized carbons (Fsp3) is 0.615. The highest BCUT2D eigenvalue weighted by Crippen LogP contribution is 2.18. The predicted octanol–water partition coefficient (Wildman–Crippen LogP) is 1.15. The van der Waals surface area contributed by atoms with E-state index in [-0.39, 0.29) is 23.4 Å². The first kappa shape index (κ1) is 14.9. The number of carbonyl (C=O) groups excluding carboxylic acids is 1. The summed E-state index contributed by atoms with van der Waals surface area (Å²) < 4.78 is 0. The molecule has 110 valence electrons. The quantitative estimate of drug-likeness (QED) is 0.775. The van der Waals surface area contributed by atoms with Crippen molar-refractivity contribution in [1.29, 1.82) is 0 Å². The third kappa shape index (κ3) is 3.55. The molecule has 1 aromatic heterocycles. The van der Waals surface area contributed by atoms with Crippen LogP contribution in [0.5, 0.6) is 0 Å². The molecule has 6 nitrogen and oxygen atoms in total. The number of carbonyl (C=O) groups is 2. The van der Waals surface area contributed by atoms with Crippen LogP contribution in [0.1, 0.15) is 40.1 Å². The van der Waals surface area contributed by atoms with Gasteiger partial charge < -0.3 is 15.7 Å². The molecule has 0 bridgehead atoms. The summed E-state index contributed by atoms with van der Waals surface area (Å²) in [6, 6.07) is -0.154. The van der Waals surface area contributed by atoms with Gasteiger partial charge in [0, 0.05) is 0 Å². The Morgan fingerprint density at radius 2 is 2.30 bits per heavy atom. The zero-order chi connectivity index (χ0) is 14.7. The minimum Gasteiger partial charge on any atom is -0.477 e. The van der Waals surface area contributed by atoms with Gasteiger partial charge in [-0.15, -0.1) is 11.3 Å². The van der Waals surface area contributed by atoms with Gasteiger partial charge in [-0.3, -0.25) is 4.79 Å². The van der Waals surface area contributed by atoms with Crippen LogP contribution in [0.15, 0.2) is 0 Å². The van der Waals surface area contributed by atoms with Crippen LogP contribution in [0, 0.1) is 12.8 Å². The lowest BCUT2D eigenvalue weighted by molar-refractivity contribution is -0.124. The van der Waals surface area contributed by atoms with E-state index in [2.05, 4.69) is 22.5 Å². The number of aryl methyl sites for hydroxylation is 1. The molecule has 0 radical (unpaired) electrons. The highest BCUT2D eigenvalue weighted by Gasteiger charge is 2.24. The number of carboxylic acids is 1. The first-order valence-electron chi connectivity index (χ1n) is 6.68. The average molecular weight is 297 g/mol. The maximum Gasteiger partial charge on any atom is 0.347 e. The van der Waals surface area contributed by atoms with Gasteiger partial charge in [0.1, 0.15) is 9.88 Å². The van der Waals surface area contributed by atoms with Crippen molar-refractivity contribution in [2.75, 3.05) is 6.54 Å². The first-order valence-corrected chi connectivity index (χ1v) is 7.49. The molecule has 2 heterocycles. The SMILES string of the molecule is Cc1nc(CNC(=O)C2CC(C)CCN2)sc1C(=O)O. The van der Waals surface area contributed by atoms with Gasteiger partial charge >= 0.3 is 5.97 Å². The van der Waals surface area contributed by atoms with Gasteiger partial charge in [0.05, 0.1) is 18.3 Å². The Balaban J connectivity index is 1.90. The second-order valence-electron chi connectivity index (χ2n) is 5.18. The van der Waals surface area contributed by atoms with Crippen LogP contribution in [0.2, 0.25) is 0 Å². The number of aromatic nitrogens is 1. The zero-order valence-corrected chi connectivity index (χ0v) is 12.4. The summed E-state index contributed by atoms with van der Waals surface area (Å²) in [7, 11) is 0. The fourth-order valence-corrected chi connectivity index (χ4v) is 3.16. The van der Waals surface area contributed by atoms with Crippen molar-refractivity contribution in [2.24, 2.45) is 5.92 Å². The van der Waals surface area contributed by atoms with Crippen molar-refractivity contribution in [2.45, 2.75) is 39.3 Å². The number of nitrogens with one attached hydrogen (secondary N) is 2. The Morgan fingerprint density at radius 1 is 1.55 bits per heavy atom. The number of nitrogens with zero attached hydrogens (tertiary/aromatic N) is 1. The molecule has 2 unspecified atom stereocenters. The van der Waals surface area contributed by atoms with E-state index in [1.807, 2.05) is 0 Å². The van der Waals surface area contributed by atoms with Crippen LogP contribution >= 0.6 is 11.3 Å². The van der Waals surface area contributed by atoms with Crippen LogP contribution in [-0.2, 0) is 11.3 Å². The van der Waals surface area contributed by atoms with E-state index in [1.54, 1.807) is 6.92 Å². The maximum absolute atomic E-state index is 12.0. The van der Waals surface area contributed by atoms with Gasteiger partial charge in [0.15, 0.2) is 0 Å². The van der Waals surface area contributed by atoms with Gasteiger partial charge in [-0.1, -0.05) is 6.92 Å². The number of hydrogen-bond acceptors (Lipinski definition) is 5. The molecule has 3 N–H and O–H groups in total. The van der Waals surface area contributed by atoms with E-state index < -0.39 is 5.97 Å². The molecule has 0 spiro atoms. The van der Waals surface area contributed by atoms with Crippen LogP contribution in [0.25, 0.3) is 0 Å². The summed E-state index contributed by atoms with van der Waals surface area (Å²) in [5, 5.41) is 15.6. The third-order valence-corrected chi connectivity index (χ3v) is 4.58. The van der Waals surface area contributed by atoms with Crippen LogP contribution in [0.4, 0.5) is 0 Å². The molecular weight excluding hydrogens is 278 g/mol. The Kier molecular flexibility index (Phi) is 4.72. The van der Waals surface area contributed by atoms with Crippen molar-refractivity contribution < 1.29 is 14.7 Å². The molecule has 1 aliphatic rings. The molecule has 7 heteroatoms. The summed E-state index contributed by atoms with van der Waals surface area (Å²) in [5.74, 6) is -0.464. The van der Waals surface area contributed by atoms with E-state index in [4.69, 9.17) is 5.11 Å². The van der Waals surface area contributed by atoms with Gasteiger partial charge in [0.25, 0.3) is 0 Å². The van der Waals surface area contributed by atoms with Crippen molar-refractivity contribution in [3.63, 3.8) is 0 Å². The van der Waals surface area contributed by atoms with Crippen LogP contribution in [0.3, 0.4) is 0 Å². The molecule has 0 aliphatic carbocycles. The molecule has 1 saturated heterocycles. The lowest BCUT2D eigenvalue weighted by atomic mass is 9.94. The molecule has 20 heavy (non-hydrogen) atoms. The number of thiazole rings is 1. The van der Waals surface area contributed by atoms with Crippen molar-refractivity contribution in [3.8, 4) is 0 Å². The number of amides is 1. The summed E-state index contributed by atoms with van der Waals surface area (Å²) >= 11 is 1.11. The summed E-state index contributed by atoms with van der Waals surface area (Å²) in [6.45, 7) is 4.95. The fourth-order valence-electron chi connectivity index (χ4n) is 2.32. The number of aromatic carboxylic acids is 1. The number of rotatable bonds is 4. The van der Waals surface area contributed by atoms with Gasteiger partial charge in [-0.25, -0.2) is 9.78 Å². The lowest BCUT2D eigenvalue weighted by Crippen LogP contribution is -2.48. The van der Waals surface area contributed by atoms with E-state index in [0.717, 1.165) is 30.7 Å². The standard InChI is InChI=1S/C13H19N3O3S/c1-7-3-4-14-9(5-7)12(17)15-6-10-16-8(2)11(20-10)13(18)19/h7,9,14H,3-6H2,1-2H3,(H,15,17)(H,18,19). The molecule has 1 aliphatic heterocycles. The molecule has 2 rings (SSSR count). The van der Waals surface area contributed by atoms with E-state index in [1.165, 1.54) is 0 Å². The second-order valence-corrected chi connectivity index (χ2v) is 6.26. The van der Waals surface area contributed by atoms with Gasteiger partial charge in [0.2, 0.25) is 5.91 Å². The topological polar surface area (TPSA) is 91.3 Å². The van der Waals surface area contributed by atoms with Crippen molar-refractivity contribution in [3.05, 3.63) is 15.6 Å². The second kappa shape index (κ2) is 6.32. The molecule has 0 aromatic carbocycles. The first-order chi connectivity index (χ1) is 9.47. The normalized spacial score (nSPS) is 22.5. The number of hydrogen-bond donors (Lipinski definition) is 3. The Morgan fingerprint density at radius 3 is 2.90 bits per heavy atom. The third-order valence-electron chi connectivity index (χ3n) is 3.43. The predicted molar refractivity (Wildman–Crippen MR) is 75.8 cm³/mol. The molecule has 2 atom stereocenters. The van der Waals surface area contributed by atoms with E-state index in [9.17, 15) is 9.59 Å². The Hall–Kier alpha value is -1.47. The summed E-state index contributed by atoms with van der Waals surface area (Å²) in [6.07, 6.45) is 1.93. The minimum atomic E-state index is -0.972. The molecular formula is C13H19N3O3S. The largest absolute Gasteiger partial charge is 0.477 e. The Bertz CT molecular complexity index is 515. The maximum atomic E-state index is 12.0. The van der Waals surface area contributed by atoms with E-state index >= 15 is 0 Å².